The second-order valence-electron chi connectivity index (χ2n) is 6.42. The third kappa shape index (κ3) is 4.94. The van der Waals surface area contributed by atoms with Gasteiger partial charge in [-0.15, -0.1) is 0 Å². The molecule has 0 radical (unpaired) electrons. The molecule has 1 aliphatic heterocycles. The molecule has 3 aromatic rings. The first-order valence-corrected chi connectivity index (χ1v) is 9.57. The first kappa shape index (κ1) is 19.0. The summed E-state index contributed by atoms with van der Waals surface area (Å²) in [5.74, 6) is 2.40. The van der Waals surface area contributed by atoms with Gasteiger partial charge in [-0.05, 0) is 42.5 Å². The van der Waals surface area contributed by atoms with Crippen molar-refractivity contribution in [1.82, 2.24) is 14.9 Å². The number of nitrogens with zero attached hydrogens (tertiary/aromatic N) is 4. The van der Waals surface area contributed by atoms with Gasteiger partial charge in [0.05, 0.1) is 5.02 Å². The lowest BCUT2D eigenvalue weighted by Gasteiger charge is -2.34. The Hall–Kier alpha value is -3.32. The van der Waals surface area contributed by atoms with Crippen molar-refractivity contribution in [1.29, 1.82) is 0 Å². The van der Waals surface area contributed by atoms with Crippen LogP contribution >= 0.6 is 11.6 Å². The first-order valence-electron chi connectivity index (χ1n) is 9.19. The van der Waals surface area contributed by atoms with Crippen molar-refractivity contribution in [2.45, 2.75) is 0 Å². The van der Waals surface area contributed by atoms with E-state index in [0.29, 0.717) is 48.6 Å². The molecule has 4 rings (SSSR count). The van der Waals surface area contributed by atoms with Crippen molar-refractivity contribution in [3.8, 4) is 17.4 Å². The summed E-state index contributed by atoms with van der Waals surface area (Å²) in [6.45, 7) is 2.59. The fourth-order valence-electron chi connectivity index (χ4n) is 2.94. The van der Waals surface area contributed by atoms with E-state index in [2.05, 4.69) is 14.9 Å². The third-order valence-electron chi connectivity index (χ3n) is 4.46. The number of rotatable bonds is 4. The zero-order valence-electron chi connectivity index (χ0n) is 15.6. The number of benzene rings is 1. The van der Waals surface area contributed by atoms with Gasteiger partial charge in [-0.2, -0.15) is 0 Å². The molecule has 1 aliphatic rings. The number of carbonyl (C=O) groups is 1. The molecule has 0 unspecified atom stereocenters. The second kappa shape index (κ2) is 8.79. The SMILES string of the molecule is O=C(Oc1ccc(Oc2ccc(Cl)cn2)cc1)N1CCN(c2ccccn2)CC1. The van der Waals surface area contributed by atoms with E-state index in [-0.39, 0.29) is 6.09 Å². The summed E-state index contributed by atoms with van der Waals surface area (Å²) in [6.07, 6.45) is 2.92. The number of carbonyl (C=O) groups excluding carboxylic acids is 1. The molecule has 1 amide bonds. The van der Waals surface area contributed by atoms with Gasteiger partial charge < -0.3 is 19.3 Å². The molecule has 8 heteroatoms. The Labute approximate surface area is 173 Å². The van der Waals surface area contributed by atoms with Crippen LogP contribution in [0.4, 0.5) is 10.6 Å². The van der Waals surface area contributed by atoms with Crippen LogP contribution in [0.3, 0.4) is 0 Å². The van der Waals surface area contributed by atoms with E-state index in [1.165, 1.54) is 6.20 Å². The van der Waals surface area contributed by atoms with Gasteiger partial charge in [-0.1, -0.05) is 17.7 Å². The summed E-state index contributed by atoms with van der Waals surface area (Å²) in [4.78, 5) is 24.7. The Morgan fingerprint density at radius 2 is 1.66 bits per heavy atom. The van der Waals surface area contributed by atoms with Crippen LogP contribution in [0.5, 0.6) is 17.4 Å². The van der Waals surface area contributed by atoms with Crippen LogP contribution in [0, 0.1) is 0 Å². The van der Waals surface area contributed by atoms with E-state index in [1.54, 1.807) is 47.5 Å². The number of hydrogen-bond donors (Lipinski definition) is 0. The Balaban J connectivity index is 1.29. The lowest BCUT2D eigenvalue weighted by molar-refractivity contribution is 0.149. The van der Waals surface area contributed by atoms with Crippen LogP contribution in [-0.4, -0.2) is 47.1 Å². The van der Waals surface area contributed by atoms with Crippen molar-refractivity contribution in [2.75, 3.05) is 31.1 Å². The van der Waals surface area contributed by atoms with Crippen molar-refractivity contribution in [3.63, 3.8) is 0 Å². The summed E-state index contributed by atoms with van der Waals surface area (Å²) in [6, 6.07) is 16.0. The monoisotopic (exact) mass is 410 g/mol. The molecule has 7 nitrogen and oxygen atoms in total. The van der Waals surface area contributed by atoms with Gasteiger partial charge in [-0.3, -0.25) is 0 Å². The molecule has 29 heavy (non-hydrogen) atoms. The zero-order chi connectivity index (χ0) is 20.1. The molecule has 0 saturated carbocycles. The average molecular weight is 411 g/mol. The van der Waals surface area contributed by atoms with Crippen LogP contribution in [0.2, 0.25) is 5.02 Å². The summed E-state index contributed by atoms with van der Waals surface area (Å²) in [5, 5.41) is 0.542. The number of pyridine rings is 2. The summed E-state index contributed by atoms with van der Waals surface area (Å²) < 4.78 is 11.1. The van der Waals surface area contributed by atoms with E-state index in [9.17, 15) is 4.79 Å². The van der Waals surface area contributed by atoms with Crippen LogP contribution in [0.1, 0.15) is 0 Å². The number of anilines is 1. The quantitative estimate of drug-likeness (QED) is 0.640. The fraction of sp³-hybridized carbons (Fsp3) is 0.190. The Morgan fingerprint density at radius 3 is 2.31 bits per heavy atom. The molecule has 0 spiro atoms. The van der Waals surface area contributed by atoms with Gasteiger partial charge in [0, 0.05) is 44.6 Å². The van der Waals surface area contributed by atoms with Gasteiger partial charge in [0.25, 0.3) is 0 Å². The lowest BCUT2D eigenvalue weighted by atomic mass is 10.3. The third-order valence-corrected chi connectivity index (χ3v) is 4.69. The number of halogens is 1. The molecule has 2 aromatic heterocycles. The highest BCUT2D eigenvalue weighted by Gasteiger charge is 2.23. The molecular formula is C21H19ClN4O3. The average Bonchev–Trinajstić information content (AvgIpc) is 2.77. The van der Waals surface area contributed by atoms with Crippen LogP contribution in [0.15, 0.2) is 67.0 Å². The topological polar surface area (TPSA) is 67.8 Å². The smallest absolute Gasteiger partial charge is 0.415 e. The predicted octanol–water partition coefficient (Wildman–Crippen LogP) is 4.24. The molecule has 1 saturated heterocycles. The van der Waals surface area contributed by atoms with E-state index in [0.717, 1.165) is 5.82 Å². The maximum atomic E-state index is 12.4. The zero-order valence-corrected chi connectivity index (χ0v) is 16.3. The van der Waals surface area contributed by atoms with Gasteiger partial charge in [-0.25, -0.2) is 14.8 Å². The Morgan fingerprint density at radius 1 is 0.897 bits per heavy atom. The Bertz CT molecular complexity index is 944. The summed E-state index contributed by atoms with van der Waals surface area (Å²) in [5.41, 5.74) is 0. The minimum Gasteiger partial charge on any atom is -0.439 e. The number of ether oxygens (including phenoxy) is 2. The molecule has 0 aliphatic carbocycles. The highest BCUT2D eigenvalue weighted by atomic mass is 35.5. The van der Waals surface area contributed by atoms with Crippen molar-refractivity contribution < 1.29 is 14.3 Å². The van der Waals surface area contributed by atoms with E-state index >= 15 is 0 Å². The molecule has 1 aromatic carbocycles. The molecule has 1 fully saturated rings. The minimum atomic E-state index is -0.362. The molecule has 0 bridgehead atoms. The van der Waals surface area contributed by atoms with Gasteiger partial charge in [0.15, 0.2) is 0 Å². The fourth-order valence-corrected chi connectivity index (χ4v) is 3.06. The standard InChI is InChI=1S/C21H19ClN4O3/c22-16-4-9-20(24-15-16)28-17-5-7-18(8-6-17)29-21(27)26-13-11-25(12-14-26)19-3-1-2-10-23-19/h1-10,15H,11-14H2. The highest BCUT2D eigenvalue weighted by molar-refractivity contribution is 6.30. The molecule has 0 N–H and O–H groups in total. The van der Waals surface area contributed by atoms with Crippen LogP contribution in [0.25, 0.3) is 0 Å². The number of piperazine rings is 1. The van der Waals surface area contributed by atoms with Gasteiger partial charge >= 0.3 is 6.09 Å². The first-order chi connectivity index (χ1) is 14.2. The highest BCUT2D eigenvalue weighted by Crippen LogP contribution is 2.24. The lowest BCUT2D eigenvalue weighted by Crippen LogP contribution is -2.49. The molecule has 3 heterocycles. The van der Waals surface area contributed by atoms with Crippen LogP contribution in [-0.2, 0) is 0 Å². The van der Waals surface area contributed by atoms with Crippen LogP contribution < -0.4 is 14.4 Å². The van der Waals surface area contributed by atoms with Crippen molar-refractivity contribution >= 4 is 23.5 Å². The Kier molecular flexibility index (Phi) is 5.76. The van der Waals surface area contributed by atoms with Gasteiger partial charge in [0.2, 0.25) is 5.88 Å². The number of aromatic nitrogens is 2. The van der Waals surface area contributed by atoms with Gasteiger partial charge in [0.1, 0.15) is 17.3 Å². The molecular weight excluding hydrogens is 392 g/mol. The number of hydrogen-bond acceptors (Lipinski definition) is 6. The minimum absolute atomic E-state index is 0.362. The number of amides is 1. The normalized spacial score (nSPS) is 13.8. The maximum absolute atomic E-state index is 12.4. The van der Waals surface area contributed by atoms with Crippen molar-refractivity contribution in [3.05, 3.63) is 72.0 Å². The maximum Gasteiger partial charge on any atom is 0.415 e. The van der Waals surface area contributed by atoms with Crippen molar-refractivity contribution in [2.24, 2.45) is 0 Å². The van der Waals surface area contributed by atoms with E-state index < -0.39 is 0 Å². The summed E-state index contributed by atoms with van der Waals surface area (Å²) >= 11 is 5.81. The van der Waals surface area contributed by atoms with E-state index in [1.807, 2.05) is 18.2 Å². The van der Waals surface area contributed by atoms with E-state index in [4.69, 9.17) is 21.1 Å². The predicted molar refractivity (Wildman–Crippen MR) is 110 cm³/mol. The largest absolute Gasteiger partial charge is 0.439 e. The molecule has 0 atom stereocenters. The second-order valence-corrected chi connectivity index (χ2v) is 6.85. The molecule has 148 valence electrons. The summed E-state index contributed by atoms with van der Waals surface area (Å²) in [7, 11) is 0.